The molecule has 4 rings (SSSR count). The lowest BCUT2D eigenvalue weighted by Gasteiger charge is -2.02. The number of imidazole rings is 1. The van der Waals surface area contributed by atoms with Crippen molar-refractivity contribution in [2.24, 2.45) is 0 Å². The molecule has 0 aliphatic carbocycles. The van der Waals surface area contributed by atoms with Crippen LogP contribution in [0.5, 0.6) is 0 Å². The molecule has 1 aromatic carbocycles. The maximum atomic E-state index is 12.2. The van der Waals surface area contributed by atoms with Crippen molar-refractivity contribution < 1.29 is 4.79 Å². The fourth-order valence-corrected chi connectivity index (χ4v) is 4.29. The van der Waals surface area contributed by atoms with Gasteiger partial charge in [0.15, 0.2) is 4.96 Å². The highest BCUT2D eigenvalue weighted by atomic mass is 32.1. The van der Waals surface area contributed by atoms with E-state index in [0.717, 1.165) is 31.8 Å². The molecule has 0 radical (unpaired) electrons. The zero-order chi connectivity index (χ0) is 17.2. The monoisotopic (exact) mass is 368 g/mol. The van der Waals surface area contributed by atoms with Gasteiger partial charge in [0.2, 0.25) is 5.91 Å². The van der Waals surface area contributed by atoms with Gasteiger partial charge in [0.25, 0.3) is 0 Å². The van der Waals surface area contributed by atoms with Gasteiger partial charge in [0.1, 0.15) is 5.01 Å². The Balaban J connectivity index is 1.40. The minimum atomic E-state index is -0.0279. The number of nitrogens with one attached hydrogen (secondary N) is 1. The summed E-state index contributed by atoms with van der Waals surface area (Å²) in [5.41, 5.74) is 2.85. The van der Waals surface area contributed by atoms with Gasteiger partial charge in [-0.15, -0.1) is 22.7 Å². The normalized spacial score (nSPS) is 11.1. The van der Waals surface area contributed by atoms with E-state index >= 15 is 0 Å². The predicted molar refractivity (Wildman–Crippen MR) is 101 cm³/mol. The number of aryl methyl sites for hydroxylation is 1. The van der Waals surface area contributed by atoms with Gasteiger partial charge in [-0.05, 0) is 6.92 Å². The quantitative estimate of drug-likeness (QED) is 0.584. The molecule has 0 saturated carbocycles. The zero-order valence-corrected chi connectivity index (χ0v) is 15.2. The topological polar surface area (TPSA) is 59.3 Å². The minimum Gasteiger partial charge on any atom is -0.351 e. The van der Waals surface area contributed by atoms with E-state index in [1.165, 1.54) is 0 Å². The Kier molecular flexibility index (Phi) is 4.33. The van der Waals surface area contributed by atoms with Crippen LogP contribution < -0.4 is 5.32 Å². The second-order valence-corrected chi connectivity index (χ2v) is 7.63. The highest BCUT2D eigenvalue weighted by molar-refractivity contribution is 7.15. The van der Waals surface area contributed by atoms with Gasteiger partial charge in [0, 0.05) is 28.2 Å². The summed E-state index contributed by atoms with van der Waals surface area (Å²) < 4.78 is 1.94. The van der Waals surface area contributed by atoms with Crippen LogP contribution in [0.15, 0.2) is 48.1 Å². The average molecular weight is 368 g/mol. The number of nitrogens with zero attached hydrogens (tertiary/aromatic N) is 3. The lowest BCUT2D eigenvalue weighted by atomic mass is 10.2. The molecule has 1 amide bonds. The van der Waals surface area contributed by atoms with Crippen LogP contribution in [-0.2, 0) is 17.8 Å². The van der Waals surface area contributed by atoms with Crippen LogP contribution >= 0.6 is 22.7 Å². The molecule has 0 aliphatic heterocycles. The molecule has 0 bridgehead atoms. The van der Waals surface area contributed by atoms with Crippen LogP contribution in [0.3, 0.4) is 0 Å². The SMILES string of the molecule is Cc1nc(-c2ccccc2)sc1CNC(=O)Cc1cn2ccsc2n1. The Morgan fingerprint density at radius 3 is 2.88 bits per heavy atom. The molecular weight excluding hydrogens is 352 g/mol. The highest BCUT2D eigenvalue weighted by Crippen LogP contribution is 2.27. The van der Waals surface area contributed by atoms with E-state index in [4.69, 9.17) is 0 Å². The predicted octanol–water partition coefficient (Wildman–Crippen LogP) is 3.69. The Hall–Kier alpha value is -2.51. The molecule has 0 aliphatic rings. The van der Waals surface area contributed by atoms with E-state index in [1.54, 1.807) is 22.7 Å². The lowest BCUT2D eigenvalue weighted by molar-refractivity contribution is -0.120. The van der Waals surface area contributed by atoms with Crippen LogP contribution in [0.2, 0.25) is 0 Å². The van der Waals surface area contributed by atoms with Crippen molar-refractivity contribution in [2.45, 2.75) is 19.9 Å². The van der Waals surface area contributed by atoms with E-state index in [2.05, 4.69) is 15.3 Å². The number of fused-ring (bicyclic) bond motifs is 1. The third-order valence-corrected chi connectivity index (χ3v) is 5.82. The van der Waals surface area contributed by atoms with Crippen molar-refractivity contribution in [3.8, 4) is 10.6 Å². The zero-order valence-electron chi connectivity index (χ0n) is 13.6. The van der Waals surface area contributed by atoms with Crippen molar-refractivity contribution in [1.29, 1.82) is 0 Å². The third kappa shape index (κ3) is 3.47. The number of aromatic nitrogens is 3. The van der Waals surface area contributed by atoms with Crippen molar-refractivity contribution in [1.82, 2.24) is 19.7 Å². The molecule has 0 saturated heterocycles. The molecule has 7 heteroatoms. The number of rotatable bonds is 5. The first kappa shape index (κ1) is 16.0. The molecule has 3 heterocycles. The Morgan fingerprint density at radius 2 is 2.08 bits per heavy atom. The number of carbonyl (C=O) groups is 1. The summed E-state index contributed by atoms with van der Waals surface area (Å²) in [5.74, 6) is -0.0279. The summed E-state index contributed by atoms with van der Waals surface area (Å²) in [6.45, 7) is 2.48. The molecule has 1 N–H and O–H groups in total. The van der Waals surface area contributed by atoms with Gasteiger partial charge in [-0.25, -0.2) is 9.97 Å². The maximum Gasteiger partial charge on any atom is 0.226 e. The minimum absolute atomic E-state index is 0.0279. The standard InChI is InChI=1S/C18H16N4OS2/c1-12-15(25-17(20-12)13-5-3-2-4-6-13)10-19-16(23)9-14-11-22-7-8-24-18(22)21-14/h2-8,11H,9-10H2,1H3,(H,19,23). The van der Waals surface area contributed by atoms with E-state index in [9.17, 15) is 4.79 Å². The summed E-state index contributed by atoms with van der Waals surface area (Å²) in [5, 5.41) is 5.93. The molecule has 0 spiro atoms. The second-order valence-electron chi connectivity index (χ2n) is 5.67. The molecule has 4 aromatic rings. The Labute approximate surface area is 153 Å². The molecule has 25 heavy (non-hydrogen) atoms. The number of amides is 1. The Morgan fingerprint density at radius 1 is 1.24 bits per heavy atom. The van der Waals surface area contributed by atoms with E-state index in [0.29, 0.717) is 6.54 Å². The van der Waals surface area contributed by atoms with E-state index < -0.39 is 0 Å². The third-order valence-electron chi connectivity index (χ3n) is 3.84. The average Bonchev–Trinajstić information content (AvgIpc) is 3.29. The first-order valence-electron chi connectivity index (χ1n) is 7.88. The molecule has 3 aromatic heterocycles. The first-order chi connectivity index (χ1) is 12.2. The van der Waals surface area contributed by atoms with Gasteiger partial charge in [-0.2, -0.15) is 0 Å². The van der Waals surface area contributed by atoms with Crippen LogP contribution in [0, 0.1) is 6.92 Å². The molecule has 0 atom stereocenters. The molecule has 0 fully saturated rings. The lowest BCUT2D eigenvalue weighted by Crippen LogP contribution is -2.24. The molecule has 0 unspecified atom stereocenters. The van der Waals surface area contributed by atoms with Crippen molar-refractivity contribution >= 4 is 33.5 Å². The number of benzene rings is 1. The largest absolute Gasteiger partial charge is 0.351 e. The highest BCUT2D eigenvalue weighted by Gasteiger charge is 2.12. The summed E-state index contributed by atoms with van der Waals surface area (Å²) in [6, 6.07) is 10.1. The summed E-state index contributed by atoms with van der Waals surface area (Å²) >= 11 is 3.18. The first-order valence-corrected chi connectivity index (χ1v) is 9.58. The number of hydrogen-bond donors (Lipinski definition) is 1. The van der Waals surface area contributed by atoms with Crippen molar-refractivity contribution in [3.63, 3.8) is 0 Å². The summed E-state index contributed by atoms with van der Waals surface area (Å²) in [6.07, 6.45) is 4.13. The van der Waals surface area contributed by atoms with Gasteiger partial charge in [0.05, 0.1) is 24.4 Å². The van der Waals surface area contributed by atoms with E-state index in [-0.39, 0.29) is 12.3 Å². The Bertz CT molecular complexity index is 988. The number of carbonyl (C=O) groups excluding carboxylic acids is 1. The van der Waals surface area contributed by atoms with Crippen LogP contribution in [-0.4, -0.2) is 20.3 Å². The van der Waals surface area contributed by atoms with Crippen LogP contribution in [0.1, 0.15) is 16.3 Å². The number of hydrogen-bond acceptors (Lipinski definition) is 5. The van der Waals surface area contributed by atoms with Gasteiger partial charge < -0.3 is 5.32 Å². The number of thiazole rings is 2. The fourth-order valence-electron chi connectivity index (χ4n) is 2.56. The van der Waals surface area contributed by atoms with Crippen LogP contribution in [0.4, 0.5) is 0 Å². The summed E-state index contributed by atoms with van der Waals surface area (Å²) in [7, 11) is 0. The van der Waals surface area contributed by atoms with E-state index in [1.807, 2.05) is 59.4 Å². The second kappa shape index (κ2) is 6.78. The summed E-state index contributed by atoms with van der Waals surface area (Å²) in [4.78, 5) is 23.2. The smallest absolute Gasteiger partial charge is 0.226 e. The van der Waals surface area contributed by atoms with Gasteiger partial charge in [-0.1, -0.05) is 30.3 Å². The van der Waals surface area contributed by atoms with Gasteiger partial charge >= 0.3 is 0 Å². The van der Waals surface area contributed by atoms with Crippen molar-refractivity contribution in [3.05, 3.63) is 64.4 Å². The van der Waals surface area contributed by atoms with Gasteiger partial charge in [-0.3, -0.25) is 9.20 Å². The maximum absolute atomic E-state index is 12.2. The van der Waals surface area contributed by atoms with Crippen molar-refractivity contribution in [2.75, 3.05) is 0 Å². The molecular formula is C18H16N4OS2. The van der Waals surface area contributed by atoms with Crippen LogP contribution in [0.25, 0.3) is 15.5 Å². The molecule has 126 valence electrons. The fraction of sp³-hybridized carbons (Fsp3) is 0.167. The molecule has 5 nitrogen and oxygen atoms in total.